The molecule has 1 aromatic carbocycles. The molecule has 0 aliphatic carbocycles. The molecule has 122 valence electrons. The molecule has 2 aromatic rings. The van der Waals surface area contributed by atoms with Crippen molar-refractivity contribution in [3.05, 3.63) is 36.2 Å². The Morgan fingerprint density at radius 3 is 2.65 bits per heavy atom. The average molecular weight is 315 g/mol. The normalized spacial score (nSPS) is 11.6. The third-order valence-electron chi connectivity index (χ3n) is 2.97. The van der Waals surface area contributed by atoms with Crippen molar-refractivity contribution in [1.82, 2.24) is 20.1 Å². The Morgan fingerprint density at radius 2 is 2.04 bits per heavy atom. The molecule has 0 bridgehead atoms. The van der Waals surface area contributed by atoms with Gasteiger partial charge in [-0.2, -0.15) is 14.7 Å². The van der Waals surface area contributed by atoms with Gasteiger partial charge >= 0.3 is 6.09 Å². The van der Waals surface area contributed by atoms with Crippen LogP contribution in [-0.4, -0.2) is 33.3 Å². The van der Waals surface area contributed by atoms with Crippen molar-refractivity contribution < 1.29 is 9.53 Å². The number of alkyl carbamates (subject to hydrolysis) is 1. The Labute approximate surface area is 135 Å². The van der Waals surface area contributed by atoms with Crippen LogP contribution in [0.4, 0.5) is 10.7 Å². The van der Waals surface area contributed by atoms with Crippen molar-refractivity contribution >= 4 is 17.9 Å². The number of aryl methyl sites for hydroxylation is 1. The van der Waals surface area contributed by atoms with Crippen LogP contribution in [0.5, 0.6) is 0 Å². The van der Waals surface area contributed by atoms with Gasteiger partial charge in [0.1, 0.15) is 11.7 Å². The molecule has 0 saturated carbocycles. The van der Waals surface area contributed by atoms with Gasteiger partial charge in [-0.3, -0.25) is 5.32 Å². The number of hydrogen-bond acceptors (Lipinski definition) is 5. The zero-order valence-electron chi connectivity index (χ0n) is 13.8. The number of aliphatic imine (C=N–C) groups is 1. The topological polar surface area (TPSA) is 81.4 Å². The number of benzene rings is 1. The van der Waals surface area contributed by atoms with Crippen LogP contribution >= 0.6 is 0 Å². The van der Waals surface area contributed by atoms with Crippen LogP contribution in [0, 0.1) is 12.8 Å². The fourth-order valence-corrected chi connectivity index (χ4v) is 1.90. The quantitative estimate of drug-likeness (QED) is 0.694. The summed E-state index contributed by atoms with van der Waals surface area (Å²) in [6, 6.07) is 9.60. The minimum Gasteiger partial charge on any atom is -0.450 e. The lowest BCUT2D eigenvalue weighted by Crippen LogP contribution is -2.34. The van der Waals surface area contributed by atoms with Gasteiger partial charge in [0.25, 0.3) is 5.95 Å². The van der Waals surface area contributed by atoms with Crippen molar-refractivity contribution in [2.45, 2.75) is 27.7 Å². The third-order valence-corrected chi connectivity index (χ3v) is 2.97. The molecule has 7 heteroatoms. The summed E-state index contributed by atoms with van der Waals surface area (Å²) in [5, 5.41) is 7.02. The van der Waals surface area contributed by atoms with E-state index in [-0.39, 0.29) is 5.92 Å². The second-order valence-electron chi connectivity index (χ2n) is 5.20. The maximum atomic E-state index is 11.7. The third kappa shape index (κ3) is 4.38. The van der Waals surface area contributed by atoms with Gasteiger partial charge in [-0.15, -0.1) is 5.10 Å². The highest BCUT2D eigenvalue weighted by Crippen LogP contribution is 2.17. The number of amides is 1. The molecular formula is C16H21N5O2. The van der Waals surface area contributed by atoms with E-state index < -0.39 is 6.09 Å². The van der Waals surface area contributed by atoms with Gasteiger partial charge in [-0.1, -0.05) is 32.0 Å². The van der Waals surface area contributed by atoms with E-state index in [0.717, 1.165) is 5.69 Å². The first-order valence-corrected chi connectivity index (χ1v) is 7.52. The first-order valence-electron chi connectivity index (χ1n) is 7.52. The Morgan fingerprint density at radius 1 is 1.35 bits per heavy atom. The van der Waals surface area contributed by atoms with Crippen molar-refractivity contribution in [3.63, 3.8) is 0 Å². The fraction of sp³-hybridized carbons (Fsp3) is 0.375. The summed E-state index contributed by atoms with van der Waals surface area (Å²) in [6.45, 7) is 7.71. The zero-order chi connectivity index (χ0) is 16.8. The SMILES string of the molecule is CCOC(=O)N/C(=N\c1nc(C)nn1-c1ccccc1)C(C)C. The molecule has 1 N–H and O–H groups in total. The molecule has 2 rings (SSSR count). The lowest BCUT2D eigenvalue weighted by molar-refractivity contribution is 0.157. The van der Waals surface area contributed by atoms with Crippen LogP contribution < -0.4 is 5.32 Å². The number of amidine groups is 1. The molecule has 0 spiro atoms. The minimum atomic E-state index is -0.526. The van der Waals surface area contributed by atoms with Crippen LogP contribution in [0.25, 0.3) is 5.69 Å². The Balaban J connectivity index is 2.37. The molecule has 0 aliphatic heterocycles. The summed E-state index contributed by atoms with van der Waals surface area (Å²) in [7, 11) is 0. The summed E-state index contributed by atoms with van der Waals surface area (Å²) >= 11 is 0. The van der Waals surface area contributed by atoms with Crippen LogP contribution in [0.1, 0.15) is 26.6 Å². The lowest BCUT2D eigenvalue weighted by atomic mass is 10.2. The van der Waals surface area contributed by atoms with Gasteiger partial charge in [0, 0.05) is 5.92 Å². The highest BCUT2D eigenvalue weighted by Gasteiger charge is 2.14. The second kappa shape index (κ2) is 7.53. The number of carbonyl (C=O) groups is 1. The molecule has 0 radical (unpaired) electrons. The van der Waals surface area contributed by atoms with E-state index in [1.807, 2.05) is 44.2 Å². The molecule has 0 aliphatic rings. The average Bonchev–Trinajstić information content (AvgIpc) is 2.88. The van der Waals surface area contributed by atoms with E-state index in [1.54, 1.807) is 18.5 Å². The number of nitrogens with zero attached hydrogens (tertiary/aromatic N) is 4. The lowest BCUT2D eigenvalue weighted by Gasteiger charge is -2.11. The first kappa shape index (κ1) is 16.7. The molecule has 1 heterocycles. The number of rotatable bonds is 4. The number of ether oxygens (including phenoxy) is 1. The van der Waals surface area contributed by atoms with Crippen molar-refractivity contribution in [2.75, 3.05) is 6.61 Å². The summed E-state index contributed by atoms with van der Waals surface area (Å²) < 4.78 is 6.55. The monoisotopic (exact) mass is 315 g/mol. The molecule has 0 saturated heterocycles. The summed E-state index contributed by atoms with van der Waals surface area (Å²) in [6.07, 6.45) is -0.526. The maximum absolute atomic E-state index is 11.7. The van der Waals surface area contributed by atoms with Gasteiger partial charge in [0.15, 0.2) is 0 Å². The van der Waals surface area contributed by atoms with Crippen LogP contribution in [0.15, 0.2) is 35.3 Å². The van der Waals surface area contributed by atoms with Crippen LogP contribution in [-0.2, 0) is 4.74 Å². The number of hydrogen-bond donors (Lipinski definition) is 1. The maximum Gasteiger partial charge on any atom is 0.412 e. The highest BCUT2D eigenvalue weighted by molar-refractivity contribution is 5.97. The van der Waals surface area contributed by atoms with Gasteiger partial charge in [0.2, 0.25) is 0 Å². The Kier molecular flexibility index (Phi) is 5.46. The minimum absolute atomic E-state index is 0.000589. The molecule has 0 fully saturated rings. The number of carbonyl (C=O) groups excluding carboxylic acids is 1. The second-order valence-corrected chi connectivity index (χ2v) is 5.20. The van der Waals surface area contributed by atoms with Gasteiger partial charge < -0.3 is 4.74 Å². The summed E-state index contributed by atoms with van der Waals surface area (Å²) in [4.78, 5) is 20.5. The Hall–Kier alpha value is -2.70. The van der Waals surface area contributed by atoms with Crippen LogP contribution in [0.2, 0.25) is 0 Å². The largest absolute Gasteiger partial charge is 0.450 e. The molecule has 0 atom stereocenters. The molecule has 1 amide bonds. The van der Waals surface area contributed by atoms with Gasteiger partial charge in [-0.05, 0) is 26.0 Å². The van der Waals surface area contributed by atoms with Crippen molar-refractivity contribution in [1.29, 1.82) is 0 Å². The van der Waals surface area contributed by atoms with E-state index in [4.69, 9.17) is 4.74 Å². The smallest absolute Gasteiger partial charge is 0.412 e. The van der Waals surface area contributed by atoms with Crippen molar-refractivity contribution in [2.24, 2.45) is 10.9 Å². The van der Waals surface area contributed by atoms with Crippen LogP contribution in [0.3, 0.4) is 0 Å². The molecular weight excluding hydrogens is 294 g/mol. The molecule has 1 aromatic heterocycles. The van der Waals surface area contributed by atoms with E-state index in [1.165, 1.54) is 0 Å². The number of nitrogens with one attached hydrogen (secondary N) is 1. The highest BCUT2D eigenvalue weighted by atomic mass is 16.5. The molecule has 0 unspecified atom stereocenters. The summed E-state index contributed by atoms with van der Waals surface area (Å²) in [5.41, 5.74) is 0.853. The molecule has 7 nitrogen and oxygen atoms in total. The standard InChI is InChI=1S/C16H21N5O2/c1-5-23-16(22)19-14(11(2)3)18-15-17-12(4)20-21(15)13-9-7-6-8-10-13/h6-11H,5H2,1-4H3,(H,17,18,19,20,22). The number of aromatic nitrogens is 3. The first-order chi connectivity index (χ1) is 11.0. The fourth-order valence-electron chi connectivity index (χ4n) is 1.90. The predicted octanol–water partition coefficient (Wildman–Crippen LogP) is 3.01. The van der Waals surface area contributed by atoms with E-state index in [2.05, 4.69) is 20.4 Å². The summed E-state index contributed by atoms with van der Waals surface area (Å²) in [5.74, 6) is 1.50. The van der Waals surface area contributed by atoms with Gasteiger partial charge in [0.05, 0.1) is 12.3 Å². The van der Waals surface area contributed by atoms with E-state index in [0.29, 0.717) is 24.2 Å². The number of para-hydroxylation sites is 1. The van der Waals surface area contributed by atoms with Crippen molar-refractivity contribution in [3.8, 4) is 5.69 Å². The van der Waals surface area contributed by atoms with E-state index in [9.17, 15) is 4.79 Å². The van der Waals surface area contributed by atoms with Gasteiger partial charge in [-0.25, -0.2) is 4.79 Å². The predicted molar refractivity (Wildman–Crippen MR) is 88.2 cm³/mol. The zero-order valence-corrected chi connectivity index (χ0v) is 13.8. The Bertz CT molecular complexity index is 692. The molecule has 23 heavy (non-hydrogen) atoms. The van der Waals surface area contributed by atoms with E-state index >= 15 is 0 Å².